The molecule has 1 N–H and O–H groups in total. The summed E-state index contributed by atoms with van der Waals surface area (Å²) < 4.78 is 7.52. The minimum absolute atomic E-state index is 0.112. The van der Waals surface area contributed by atoms with Crippen LogP contribution < -0.4 is 5.32 Å². The lowest BCUT2D eigenvalue weighted by Crippen LogP contribution is -2.27. The molecule has 0 aliphatic carbocycles. The van der Waals surface area contributed by atoms with Gasteiger partial charge in [-0.3, -0.25) is 9.48 Å². The van der Waals surface area contributed by atoms with Gasteiger partial charge in [0, 0.05) is 35.1 Å². The fraction of sp³-hybridized carbons (Fsp3) is 0.214. The van der Waals surface area contributed by atoms with Gasteiger partial charge in [-0.2, -0.15) is 5.10 Å². The van der Waals surface area contributed by atoms with Crippen molar-refractivity contribution in [2.75, 3.05) is 0 Å². The van der Waals surface area contributed by atoms with Crippen LogP contribution in [0, 0.1) is 6.92 Å². The molecule has 36 heavy (non-hydrogen) atoms. The number of ether oxygens (including phenoxy) is 1. The van der Waals surface area contributed by atoms with Gasteiger partial charge in [0.2, 0.25) is 0 Å². The van der Waals surface area contributed by atoms with Gasteiger partial charge >= 0.3 is 0 Å². The summed E-state index contributed by atoms with van der Waals surface area (Å²) >= 11 is 1.55. The van der Waals surface area contributed by atoms with Crippen LogP contribution in [0.15, 0.2) is 71.8 Å². The average molecular weight is 498 g/mol. The number of carbonyl (C=O) groups is 1. The number of rotatable bonds is 8. The van der Waals surface area contributed by atoms with Crippen LogP contribution in [0.2, 0.25) is 0 Å². The third-order valence-electron chi connectivity index (χ3n) is 6.10. The molecule has 0 radical (unpaired) electrons. The smallest absolute Gasteiger partial charge is 0.252 e. The topological polar surface area (TPSA) is 81.9 Å². The van der Waals surface area contributed by atoms with E-state index in [-0.39, 0.29) is 11.9 Å². The fourth-order valence-electron chi connectivity index (χ4n) is 4.27. The maximum atomic E-state index is 13.2. The molecule has 8 heteroatoms. The van der Waals surface area contributed by atoms with Gasteiger partial charge in [0.1, 0.15) is 0 Å². The monoisotopic (exact) mass is 497 g/mol. The van der Waals surface area contributed by atoms with Gasteiger partial charge in [-0.25, -0.2) is 9.97 Å². The molecule has 7 nitrogen and oxygen atoms in total. The molecule has 0 saturated heterocycles. The Morgan fingerprint density at radius 2 is 2.03 bits per heavy atom. The number of carbonyl (C=O) groups excluding carboxylic acids is 1. The molecule has 0 aliphatic rings. The number of pyridine rings is 1. The number of amides is 1. The highest BCUT2D eigenvalue weighted by Crippen LogP contribution is 2.29. The number of hydrogen-bond donors (Lipinski definition) is 1. The van der Waals surface area contributed by atoms with E-state index in [1.807, 2.05) is 81.0 Å². The summed E-state index contributed by atoms with van der Waals surface area (Å²) in [5.41, 5.74) is 8.96. The third kappa shape index (κ3) is 5.19. The van der Waals surface area contributed by atoms with Crippen LogP contribution in [0.25, 0.3) is 22.2 Å². The van der Waals surface area contributed by atoms with Crippen molar-refractivity contribution in [2.24, 2.45) is 7.05 Å². The van der Waals surface area contributed by atoms with Crippen LogP contribution in [0.3, 0.4) is 0 Å². The van der Waals surface area contributed by atoms with Gasteiger partial charge in [0.05, 0.1) is 47.9 Å². The summed E-state index contributed by atoms with van der Waals surface area (Å²) in [6, 6.07) is 15.6. The molecule has 2 aromatic carbocycles. The Kier molecular flexibility index (Phi) is 6.88. The molecule has 3 heterocycles. The number of nitrogens with zero attached hydrogens (tertiary/aromatic N) is 4. The lowest BCUT2D eigenvalue weighted by Gasteiger charge is -2.18. The van der Waals surface area contributed by atoms with Crippen LogP contribution in [0.1, 0.15) is 45.7 Å². The summed E-state index contributed by atoms with van der Waals surface area (Å²) in [6.45, 7) is 4.90. The third-order valence-corrected chi connectivity index (χ3v) is 6.74. The Labute approximate surface area is 213 Å². The van der Waals surface area contributed by atoms with Gasteiger partial charge in [0.25, 0.3) is 5.91 Å². The van der Waals surface area contributed by atoms with Gasteiger partial charge in [-0.15, -0.1) is 11.3 Å². The molecule has 0 bridgehead atoms. The van der Waals surface area contributed by atoms with Crippen molar-refractivity contribution in [2.45, 2.75) is 33.1 Å². The van der Waals surface area contributed by atoms with Crippen molar-refractivity contribution < 1.29 is 9.53 Å². The Morgan fingerprint density at radius 1 is 1.17 bits per heavy atom. The summed E-state index contributed by atoms with van der Waals surface area (Å²) in [4.78, 5) is 22.3. The highest BCUT2D eigenvalue weighted by Gasteiger charge is 2.18. The van der Waals surface area contributed by atoms with Crippen molar-refractivity contribution in [3.05, 3.63) is 99.8 Å². The lowest BCUT2D eigenvalue weighted by atomic mass is 9.99. The standard InChI is InChI=1S/C28H27N5O2S/c1-18-10-20(14-35-15-22-16-36-17-29-22)8-9-23(18)28(34)31-19(2)25-11-27(21-12-30-33(3)13-21)32-26-7-5-4-6-24(25)26/h4-13,16-17,19H,14-15H2,1-3H3,(H,31,34)/t19-/m1/s1. The molecule has 5 aromatic rings. The van der Waals surface area contributed by atoms with Crippen molar-refractivity contribution >= 4 is 28.1 Å². The van der Waals surface area contributed by atoms with Gasteiger partial charge < -0.3 is 10.1 Å². The van der Waals surface area contributed by atoms with Crippen molar-refractivity contribution in [3.8, 4) is 11.3 Å². The maximum absolute atomic E-state index is 13.2. The molecule has 1 amide bonds. The van der Waals surface area contributed by atoms with Crippen LogP contribution in [-0.2, 0) is 25.0 Å². The Balaban J connectivity index is 1.33. The number of para-hydroxylation sites is 1. The molecular formula is C28H27N5O2S. The number of aromatic nitrogens is 4. The van der Waals surface area contributed by atoms with E-state index in [4.69, 9.17) is 9.72 Å². The summed E-state index contributed by atoms with van der Waals surface area (Å²) in [6.07, 6.45) is 3.74. The van der Waals surface area contributed by atoms with E-state index >= 15 is 0 Å². The molecule has 0 spiro atoms. The second kappa shape index (κ2) is 10.4. The quantitative estimate of drug-likeness (QED) is 0.301. The molecule has 3 aromatic heterocycles. The predicted octanol–water partition coefficient (Wildman–Crippen LogP) is 5.61. The van der Waals surface area contributed by atoms with E-state index < -0.39 is 0 Å². The maximum Gasteiger partial charge on any atom is 0.252 e. The number of hydrogen-bond acceptors (Lipinski definition) is 6. The molecule has 1 atom stereocenters. The molecule has 5 rings (SSSR count). The zero-order chi connectivity index (χ0) is 25.1. The SMILES string of the molecule is Cc1cc(COCc2cscn2)ccc1C(=O)N[C@H](C)c1cc(-c2cnn(C)c2)nc2ccccc12. The molecule has 0 aliphatic heterocycles. The molecule has 182 valence electrons. The van der Waals surface area contributed by atoms with Crippen LogP contribution in [0.5, 0.6) is 0 Å². The zero-order valence-corrected chi connectivity index (χ0v) is 21.2. The van der Waals surface area contributed by atoms with Crippen LogP contribution >= 0.6 is 11.3 Å². The van der Waals surface area contributed by atoms with Gasteiger partial charge in [0.15, 0.2) is 0 Å². The number of aryl methyl sites for hydroxylation is 2. The van der Waals surface area contributed by atoms with E-state index in [1.165, 1.54) is 0 Å². The summed E-state index contributed by atoms with van der Waals surface area (Å²) in [5, 5.41) is 10.5. The van der Waals surface area contributed by atoms with Crippen molar-refractivity contribution in [1.82, 2.24) is 25.1 Å². The van der Waals surface area contributed by atoms with Crippen LogP contribution in [-0.4, -0.2) is 25.7 Å². The van der Waals surface area contributed by atoms with E-state index in [1.54, 1.807) is 27.7 Å². The number of nitrogens with one attached hydrogen (secondary N) is 1. The Bertz CT molecular complexity index is 1510. The normalized spacial score (nSPS) is 12.1. The van der Waals surface area contributed by atoms with E-state index in [0.29, 0.717) is 18.8 Å². The van der Waals surface area contributed by atoms with E-state index in [9.17, 15) is 4.79 Å². The first-order valence-electron chi connectivity index (χ1n) is 11.7. The van der Waals surface area contributed by atoms with E-state index in [2.05, 4.69) is 15.4 Å². The Hall–Kier alpha value is -3.88. The van der Waals surface area contributed by atoms with Crippen molar-refractivity contribution in [3.63, 3.8) is 0 Å². The number of thiazole rings is 1. The van der Waals surface area contributed by atoms with Gasteiger partial charge in [-0.1, -0.05) is 30.3 Å². The summed E-state index contributed by atoms with van der Waals surface area (Å²) in [7, 11) is 1.88. The minimum atomic E-state index is -0.221. The van der Waals surface area contributed by atoms with Gasteiger partial charge in [-0.05, 0) is 48.7 Å². The molecule has 0 fully saturated rings. The highest BCUT2D eigenvalue weighted by atomic mass is 32.1. The Morgan fingerprint density at radius 3 is 2.78 bits per heavy atom. The van der Waals surface area contributed by atoms with Crippen LogP contribution in [0.4, 0.5) is 0 Å². The average Bonchev–Trinajstić information content (AvgIpc) is 3.55. The zero-order valence-electron chi connectivity index (χ0n) is 20.4. The van der Waals surface area contributed by atoms with E-state index in [0.717, 1.165) is 44.5 Å². The molecular weight excluding hydrogens is 470 g/mol. The first-order chi connectivity index (χ1) is 17.5. The first kappa shape index (κ1) is 23.8. The fourth-order valence-corrected chi connectivity index (χ4v) is 4.81. The highest BCUT2D eigenvalue weighted by molar-refractivity contribution is 7.07. The molecule has 0 saturated carbocycles. The summed E-state index contributed by atoms with van der Waals surface area (Å²) in [5.74, 6) is -0.112. The minimum Gasteiger partial charge on any atom is -0.370 e. The van der Waals surface area contributed by atoms with Crippen molar-refractivity contribution in [1.29, 1.82) is 0 Å². The second-order valence-electron chi connectivity index (χ2n) is 8.83. The number of fused-ring (bicyclic) bond motifs is 1. The largest absolute Gasteiger partial charge is 0.370 e. The first-order valence-corrected chi connectivity index (χ1v) is 12.7. The number of benzene rings is 2. The lowest BCUT2D eigenvalue weighted by molar-refractivity contribution is 0.0938. The molecule has 0 unspecified atom stereocenters. The second-order valence-corrected chi connectivity index (χ2v) is 9.55. The predicted molar refractivity (Wildman–Crippen MR) is 142 cm³/mol.